The van der Waals surface area contributed by atoms with Crippen molar-refractivity contribution in [1.29, 1.82) is 0 Å². The molecule has 0 spiro atoms. The Bertz CT molecular complexity index is 109. The van der Waals surface area contributed by atoms with Gasteiger partial charge in [-0.15, -0.1) is 0 Å². The van der Waals surface area contributed by atoms with Crippen molar-refractivity contribution in [3.05, 3.63) is 12.3 Å². The maximum Gasteiger partial charge on any atom is 0.0155 e. The molecule has 0 heterocycles. The highest BCUT2D eigenvalue weighted by atomic mass is 14.9. The summed E-state index contributed by atoms with van der Waals surface area (Å²) in [6.07, 6.45) is 1.16. The minimum Gasteiger partial charge on any atom is -0.389 e. The van der Waals surface area contributed by atoms with E-state index in [9.17, 15) is 0 Å². The minimum atomic E-state index is 0.546. The van der Waals surface area contributed by atoms with E-state index < -0.39 is 0 Å². The average Bonchev–Trinajstić information content (AvgIpc) is 2.15. The largest absolute Gasteiger partial charge is 0.389 e. The second-order valence-corrected chi connectivity index (χ2v) is 3.06. The third kappa shape index (κ3) is 11.5. The van der Waals surface area contributed by atoms with Crippen molar-refractivity contribution < 1.29 is 0 Å². The molecule has 0 saturated carbocycles. The van der Waals surface area contributed by atoms with Gasteiger partial charge < -0.3 is 10.6 Å². The van der Waals surface area contributed by atoms with Gasteiger partial charge in [0.15, 0.2) is 0 Å². The van der Waals surface area contributed by atoms with Crippen molar-refractivity contribution >= 4 is 0 Å². The molecule has 0 aliphatic rings. The number of allylic oxidation sites excluding steroid dienone is 1. The lowest BCUT2D eigenvalue weighted by molar-refractivity contribution is 0.619. The molecular formula is C11H26N2. The van der Waals surface area contributed by atoms with Crippen molar-refractivity contribution in [2.24, 2.45) is 5.92 Å². The zero-order valence-corrected chi connectivity index (χ0v) is 9.91. The van der Waals surface area contributed by atoms with Crippen molar-refractivity contribution in [2.75, 3.05) is 20.1 Å². The summed E-state index contributed by atoms with van der Waals surface area (Å²) >= 11 is 0. The van der Waals surface area contributed by atoms with Crippen molar-refractivity contribution in [2.45, 2.75) is 34.1 Å². The van der Waals surface area contributed by atoms with Crippen LogP contribution in [0.15, 0.2) is 12.3 Å². The SMILES string of the molecule is C=C(NCCCNC)C(C)C.CC. The van der Waals surface area contributed by atoms with Gasteiger partial charge in [0, 0.05) is 12.2 Å². The monoisotopic (exact) mass is 186 g/mol. The summed E-state index contributed by atoms with van der Waals surface area (Å²) < 4.78 is 0. The molecule has 0 amide bonds. The zero-order chi connectivity index (χ0) is 10.7. The molecule has 0 atom stereocenters. The molecule has 0 aliphatic carbocycles. The molecule has 0 aromatic rings. The summed E-state index contributed by atoms with van der Waals surface area (Å²) in [5.74, 6) is 0.546. The third-order valence-electron chi connectivity index (χ3n) is 1.65. The van der Waals surface area contributed by atoms with E-state index in [-0.39, 0.29) is 0 Å². The first-order valence-electron chi connectivity index (χ1n) is 5.25. The molecule has 0 unspecified atom stereocenters. The second-order valence-electron chi connectivity index (χ2n) is 3.06. The van der Waals surface area contributed by atoms with Gasteiger partial charge in [0.05, 0.1) is 0 Å². The lowest BCUT2D eigenvalue weighted by atomic mass is 10.1. The highest BCUT2D eigenvalue weighted by Gasteiger charge is 1.96. The zero-order valence-electron chi connectivity index (χ0n) is 9.91. The second kappa shape index (κ2) is 11.5. The molecular weight excluding hydrogens is 160 g/mol. The number of rotatable bonds is 6. The molecule has 0 rings (SSSR count). The van der Waals surface area contributed by atoms with E-state index in [0.29, 0.717) is 5.92 Å². The van der Waals surface area contributed by atoms with Gasteiger partial charge in [-0.05, 0) is 25.9 Å². The molecule has 0 bridgehead atoms. The van der Waals surface area contributed by atoms with Gasteiger partial charge in [-0.1, -0.05) is 34.3 Å². The summed E-state index contributed by atoms with van der Waals surface area (Å²) in [5, 5.41) is 6.38. The lowest BCUT2D eigenvalue weighted by Gasteiger charge is -2.11. The van der Waals surface area contributed by atoms with Crippen LogP contribution in [0.4, 0.5) is 0 Å². The van der Waals surface area contributed by atoms with E-state index >= 15 is 0 Å². The predicted octanol–water partition coefficient (Wildman–Crippen LogP) is 2.38. The van der Waals surface area contributed by atoms with Crippen LogP contribution in [0.3, 0.4) is 0 Å². The highest BCUT2D eigenvalue weighted by molar-refractivity contribution is 4.93. The smallest absolute Gasteiger partial charge is 0.0155 e. The van der Waals surface area contributed by atoms with Crippen LogP contribution in [0.2, 0.25) is 0 Å². The van der Waals surface area contributed by atoms with Gasteiger partial charge in [0.1, 0.15) is 0 Å². The van der Waals surface area contributed by atoms with Crippen molar-refractivity contribution in [3.63, 3.8) is 0 Å². The van der Waals surface area contributed by atoms with E-state index in [1.807, 2.05) is 20.9 Å². The first-order valence-corrected chi connectivity index (χ1v) is 5.25. The summed E-state index contributed by atoms with van der Waals surface area (Å²) in [7, 11) is 1.97. The first kappa shape index (κ1) is 15.0. The maximum absolute atomic E-state index is 3.92. The van der Waals surface area contributed by atoms with Gasteiger partial charge in [-0.3, -0.25) is 0 Å². The van der Waals surface area contributed by atoms with Crippen LogP contribution in [0.25, 0.3) is 0 Å². The summed E-state index contributed by atoms with van der Waals surface area (Å²) in [5.41, 5.74) is 1.14. The van der Waals surface area contributed by atoms with E-state index in [1.165, 1.54) is 0 Å². The van der Waals surface area contributed by atoms with Gasteiger partial charge in [0.2, 0.25) is 0 Å². The Morgan fingerprint density at radius 3 is 2.15 bits per heavy atom. The quantitative estimate of drug-likeness (QED) is 0.622. The van der Waals surface area contributed by atoms with Crippen LogP contribution in [0, 0.1) is 5.92 Å². The van der Waals surface area contributed by atoms with Crippen LogP contribution in [0.5, 0.6) is 0 Å². The average molecular weight is 186 g/mol. The Labute approximate surface area is 83.8 Å². The molecule has 0 aromatic carbocycles. The first-order chi connectivity index (χ1) is 6.18. The molecule has 2 N–H and O–H groups in total. The molecule has 0 aliphatic heterocycles. The van der Waals surface area contributed by atoms with Crippen molar-refractivity contribution in [3.8, 4) is 0 Å². The molecule has 0 aromatic heterocycles. The van der Waals surface area contributed by atoms with Gasteiger partial charge >= 0.3 is 0 Å². The Hall–Kier alpha value is -0.500. The Balaban J connectivity index is 0. The Morgan fingerprint density at radius 1 is 1.23 bits per heavy atom. The topological polar surface area (TPSA) is 24.1 Å². The van der Waals surface area contributed by atoms with Crippen LogP contribution in [-0.2, 0) is 0 Å². The fourth-order valence-corrected chi connectivity index (χ4v) is 0.718. The molecule has 2 nitrogen and oxygen atoms in total. The molecule has 2 heteroatoms. The number of nitrogens with one attached hydrogen (secondary N) is 2. The van der Waals surface area contributed by atoms with E-state index in [2.05, 4.69) is 31.1 Å². The summed E-state index contributed by atoms with van der Waals surface area (Å²) in [6.45, 7) is 14.3. The fraction of sp³-hybridized carbons (Fsp3) is 0.818. The molecule has 0 radical (unpaired) electrons. The van der Waals surface area contributed by atoms with Crippen LogP contribution in [0.1, 0.15) is 34.1 Å². The minimum absolute atomic E-state index is 0.546. The third-order valence-corrected chi connectivity index (χ3v) is 1.65. The highest BCUT2D eigenvalue weighted by Crippen LogP contribution is 2.01. The van der Waals surface area contributed by atoms with Gasteiger partial charge in [0.25, 0.3) is 0 Å². The Morgan fingerprint density at radius 2 is 1.77 bits per heavy atom. The van der Waals surface area contributed by atoms with E-state index in [0.717, 1.165) is 25.2 Å². The molecule has 0 fully saturated rings. The lowest BCUT2D eigenvalue weighted by Crippen LogP contribution is -2.21. The van der Waals surface area contributed by atoms with E-state index in [4.69, 9.17) is 0 Å². The maximum atomic E-state index is 3.92. The predicted molar refractivity (Wildman–Crippen MR) is 61.9 cm³/mol. The summed E-state index contributed by atoms with van der Waals surface area (Å²) in [4.78, 5) is 0. The normalized spacial score (nSPS) is 9.08. The van der Waals surface area contributed by atoms with Crippen molar-refractivity contribution in [1.82, 2.24) is 10.6 Å². The standard InChI is InChI=1S/C9H20N2.C2H6/c1-8(2)9(3)11-7-5-6-10-4;1-2/h8,10-11H,3,5-7H2,1-2,4H3;1-2H3. The van der Waals surface area contributed by atoms with Crippen LogP contribution >= 0.6 is 0 Å². The van der Waals surface area contributed by atoms with Gasteiger partial charge in [-0.2, -0.15) is 0 Å². The van der Waals surface area contributed by atoms with Gasteiger partial charge in [-0.25, -0.2) is 0 Å². The number of hydrogen-bond acceptors (Lipinski definition) is 2. The fourth-order valence-electron chi connectivity index (χ4n) is 0.718. The van der Waals surface area contributed by atoms with Crippen LogP contribution < -0.4 is 10.6 Å². The summed E-state index contributed by atoms with van der Waals surface area (Å²) in [6, 6.07) is 0. The number of hydrogen-bond donors (Lipinski definition) is 2. The Kier molecular flexibility index (Phi) is 13.3. The van der Waals surface area contributed by atoms with E-state index in [1.54, 1.807) is 0 Å². The molecule has 80 valence electrons. The molecule has 13 heavy (non-hydrogen) atoms. The molecule has 0 saturated heterocycles. The van der Waals surface area contributed by atoms with Crippen LogP contribution in [-0.4, -0.2) is 20.1 Å².